The van der Waals surface area contributed by atoms with E-state index in [0.717, 1.165) is 11.1 Å². The molecule has 0 bridgehead atoms. The Labute approximate surface area is 145 Å². The third kappa shape index (κ3) is 2.80. The Kier molecular flexibility index (Phi) is 3.82. The van der Waals surface area contributed by atoms with Crippen molar-refractivity contribution >= 4 is 17.5 Å². The Balaban J connectivity index is 1.91. The number of amides is 1. The number of ether oxygens (including phenoxy) is 1. The number of carbonyl (C=O) groups is 1. The van der Waals surface area contributed by atoms with E-state index in [2.05, 4.69) is 4.98 Å². The molecule has 1 amide bonds. The molecule has 0 spiro atoms. The van der Waals surface area contributed by atoms with Crippen molar-refractivity contribution in [1.82, 2.24) is 4.98 Å². The summed E-state index contributed by atoms with van der Waals surface area (Å²) in [5, 5.41) is 0. The fourth-order valence-electron chi connectivity index (χ4n) is 3.09. The Morgan fingerprint density at radius 2 is 1.52 bits per heavy atom. The maximum Gasteiger partial charge on any atom is 0.267 e. The minimum atomic E-state index is -0.299. The van der Waals surface area contributed by atoms with Gasteiger partial charge in [0.2, 0.25) is 0 Å². The predicted molar refractivity (Wildman–Crippen MR) is 96.4 cm³/mol. The topological polar surface area (TPSA) is 68.5 Å². The van der Waals surface area contributed by atoms with Gasteiger partial charge >= 0.3 is 0 Å². The Morgan fingerprint density at radius 3 is 2.12 bits per heavy atom. The summed E-state index contributed by atoms with van der Waals surface area (Å²) >= 11 is 0. The first kappa shape index (κ1) is 15.2. The van der Waals surface area contributed by atoms with Crippen LogP contribution in [-0.4, -0.2) is 17.5 Å². The molecule has 2 N–H and O–H groups in total. The fourth-order valence-corrected chi connectivity index (χ4v) is 3.09. The number of anilines is 2. The molecule has 1 aliphatic rings. The molecule has 1 aliphatic heterocycles. The second-order valence-electron chi connectivity index (χ2n) is 5.83. The summed E-state index contributed by atoms with van der Waals surface area (Å²) in [6.07, 6.45) is 0. The van der Waals surface area contributed by atoms with Gasteiger partial charge in [0.15, 0.2) is 18.2 Å². The van der Waals surface area contributed by atoms with Crippen molar-refractivity contribution in [2.45, 2.75) is 6.04 Å². The summed E-state index contributed by atoms with van der Waals surface area (Å²) in [7, 11) is 0. The van der Waals surface area contributed by atoms with Crippen molar-refractivity contribution in [3.63, 3.8) is 0 Å². The lowest BCUT2D eigenvalue weighted by Crippen LogP contribution is -2.42. The van der Waals surface area contributed by atoms with Gasteiger partial charge in [0.1, 0.15) is 5.82 Å². The van der Waals surface area contributed by atoms with Crippen molar-refractivity contribution in [1.29, 1.82) is 0 Å². The van der Waals surface area contributed by atoms with Gasteiger partial charge in [0.05, 0.1) is 6.04 Å². The van der Waals surface area contributed by atoms with Crippen molar-refractivity contribution in [3.8, 4) is 5.75 Å². The quantitative estimate of drug-likeness (QED) is 0.800. The van der Waals surface area contributed by atoms with Crippen LogP contribution in [0, 0.1) is 0 Å². The zero-order valence-corrected chi connectivity index (χ0v) is 13.5. The summed E-state index contributed by atoms with van der Waals surface area (Å²) in [5.41, 5.74) is 7.86. The van der Waals surface area contributed by atoms with Gasteiger partial charge in [-0.25, -0.2) is 4.98 Å². The summed E-state index contributed by atoms with van der Waals surface area (Å²) < 4.78 is 5.53. The first-order chi connectivity index (χ1) is 12.2. The largest absolute Gasteiger partial charge is 0.480 e. The fraction of sp³-hybridized carbons (Fsp3) is 0.100. The van der Waals surface area contributed by atoms with Crippen LogP contribution in [0.3, 0.4) is 0 Å². The summed E-state index contributed by atoms with van der Waals surface area (Å²) in [4.78, 5) is 18.8. The van der Waals surface area contributed by atoms with Crippen LogP contribution in [0.25, 0.3) is 0 Å². The highest BCUT2D eigenvalue weighted by atomic mass is 16.5. The van der Waals surface area contributed by atoms with Crippen molar-refractivity contribution in [3.05, 3.63) is 83.9 Å². The molecule has 0 fully saturated rings. The lowest BCUT2D eigenvalue weighted by Gasteiger charge is -2.35. The van der Waals surface area contributed by atoms with Gasteiger partial charge in [-0.05, 0) is 23.3 Å². The molecule has 25 heavy (non-hydrogen) atoms. The third-order valence-electron chi connectivity index (χ3n) is 4.20. The number of carbonyl (C=O) groups excluding carboxylic acids is 1. The molecule has 0 saturated heterocycles. The smallest absolute Gasteiger partial charge is 0.267 e. The molecule has 0 unspecified atom stereocenters. The van der Waals surface area contributed by atoms with Crippen LogP contribution in [-0.2, 0) is 4.79 Å². The normalized spacial score (nSPS) is 13.5. The van der Waals surface area contributed by atoms with Crippen molar-refractivity contribution in [2.75, 3.05) is 17.2 Å². The number of nitrogens with zero attached hydrogens (tertiary/aromatic N) is 2. The van der Waals surface area contributed by atoms with Gasteiger partial charge in [0, 0.05) is 0 Å². The van der Waals surface area contributed by atoms with Crippen molar-refractivity contribution in [2.24, 2.45) is 0 Å². The highest BCUT2D eigenvalue weighted by molar-refractivity contribution is 5.98. The van der Waals surface area contributed by atoms with E-state index in [-0.39, 0.29) is 18.6 Å². The zero-order valence-electron chi connectivity index (χ0n) is 13.5. The van der Waals surface area contributed by atoms with E-state index in [9.17, 15) is 4.79 Å². The lowest BCUT2D eigenvalue weighted by molar-refractivity contribution is -0.121. The van der Waals surface area contributed by atoms with Crippen LogP contribution in [0.5, 0.6) is 5.75 Å². The van der Waals surface area contributed by atoms with Gasteiger partial charge in [0.25, 0.3) is 5.91 Å². The third-order valence-corrected chi connectivity index (χ3v) is 4.20. The average Bonchev–Trinajstić information content (AvgIpc) is 2.66. The number of nitrogen functional groups attached to an aromatic ring is 1. The number of nitrogens with two attached hydrogens (primary N) is 1. The molecule has 0 atom stereocenters. The predicted octanol–water partition coefficient (Wildman–Crippen LogP) is 3.18. The molecule has 0 saturated carbocycles. The maximum absolute atomic E-state index is 12.8. The van der Waals surface area contributed by atoms with Gasteiger partial charge in [-0.3, -0.25) is 9.69 Å². The van der Waals surface area contributed by atoms with E-state index in [1.54, 1.807) is 17.0 Å². The SMILES string of the molecule is Nc1ccc2c(n1)N(C(c1ccccc1)c1ccccc1)C(=O)CO2. The maximum atomic E-state index is 12.8. The Hall–Kier alpha value is -3.34. The number of aromatic nitrogens is 1. The molecule has 1 aromatic heterocycles. The average molecular weight is 331 g/mol. The van der Waals surface area contributed by atoms with Crippen LogP contribution in [0.4, 0.5) is 11.6 Å². The number of hydrogen-bond donors (Lipinski definition) is 1. The van der Waals surface area contributed by atoms with Gasteiger partial charge in [-0.2, -0.15) is 0 Å². The highest BCUT2D eigenvalue weighted by Crippen LogP contribution is 2.39. The Morgan fingerprint density at radius 1 is 0.920 bits per heavy atom. The van der Waals surface area contributed by atoms with E-state index in [4.69, 9.17) is 10.5 Å². The minimum Gasteiger partial charge on any atom is -0.480 e. The van der Waals surface area contributed by atoms with Gasteiger partial charge in [-0.1, -0.05) is 60.7 Å². The van der Waals surface area contributed by atoms with E-state index in [1.165, 1.54) is 0 Å². The molecular formula is C20H17N3O2. The van der Waals surface area contributed by atoms with Gasteiger partial charge < -0.3 is 10.5 Å². The Bertz CT molecular complexity index is 858. The number of hydrogen-bond acceptors (Lipinski definition) is 4. The monoisotopic (exact) mass is 331 g/mol. The summed E-state index contributed by atoms with van der Waals surface area (Å²) in [6, 6.07) is 22.9. The van der Waals surface area contributed by atoms with Crippen LogP contribution >= 0.6 is 0 Å². The molecular weight excluding hydrogens is 314 g/mol. The van der Waals surface area contributed by atoms with Crippen LogP contribution in [0.2, 0.25) is 0 Å². The lowest BCUT2D eigenvalue weighted by atomic mass is 9.96. The molecule has 124 valence electrons. The van der Waals surface area contributed by atoms with Crippen LogP contribution < -0.4 is 15.4 Å². The van der Waals surface area contributed by atoms with E-state index in [0.29, 0.717) is 17.4 Å². The van der Waals surface area contributed by atoms with E-state index in [1.807, 2.05) is 60.7 Å². The van der Waals surface area contributed by atoms with Gasteiger partial charge in [-0.15, -0.1) is 0 Å². The second-order valence-corrected chi connectivity index (χ2v) is 5.83. The number of rotatable bonds is 3. The molecule has 0 aliphatic carbocycles. The van der Waals surface area contributed by atoms with E-state index < -0.39 is 0 Å². The number of benzene rings is 2. The first-order valence-electron chi connectivity index (χ1n) is 8.05. The molecule has 2 heterocycles. The minimum absolute atomic E-state index is 0.0191. The highest BCUT2D eigenvalue weighted by Gasteiger charge is 2.34. The second kappa shape index (κ2) is 6.28. The molecule has 5 nitrogen and oxygen atoms in total. The summed E-state index contributed by atoms with van der Waals surface area (Å²) in [5.74, 6) is 1.21. The van der Waals surface area contributed by atoms with Crippen LogP contribution in [0.15, 0.2) is 72.8 Å². The van der Waals surface area contributed by atoms with E-state index >= 15 is 0 Å². The van der Waals surface area contributed by atoms with Crippen molar-refractivity contribution < 1.29 is 9.53 Å². The molecule has 0 radical (unpaired) electrons. The standard InChI is InChI=1S/C20H17N3O2/c21-17-12-11-16-20(22-17)23(18(24)13-25-16)19(14-7-3-1-4-8-14)15-9-5-2-6-10-15/h1-12,19H,13H2,(H2,21,22). The van der Waals surface area contributed by atoms with Crippen LogP contribution in [0.1, 0.15) is 17.2 Å². The first-order valence-corrected chi connectivity index (χ1v) is 8.05. The molecule has 2 aromatic carbocycles. The summed E-state index contributed by atoms with van der Waals surface area (Å²) in [6.45, 7) is -0.0191. The zero-order chi connectivity index (χ0) is 17.2. The molecule has 3 aromatic rings. The molecule has 5 heteroatoms. The number of fused-ring (bicyclic) bond motifs is 1. The number of pyridine rings is 1. The molecule has 4 rings (SSSR count).